The lowest BCUT2D eigenvalue weighted by molar-refractivity contribution is -0.144. The molecule has 0 saturated heterocycles. The Hall–Kier alpha value is -2.28. The standard InChI is InChI=1S/C24H28BrNO5/c1-3-30-19-12-14(11-16(25)23(19)28)21-20(24(29)31-15-7-4-5-8-15)13(2)26-17-9-6-10-18(27)22(17)21/h11-12,15,21,26,28H,3-10H2,1-2H3/t21-/m1/s1. The summed E-state index contributed by atoms with van der Waals surface area (Å²) in [6.45, 7) is 4.08. The molecule has 1 fully saturated rings. The molecule has 6 nitrogen and oxygen atoms in total. The lowest BCUT2D eigenvalue weighted by atomic mass is 9.75. The van der Waals surface area contributed by atoms with E-state index in [-0.39, 0.29) is 23.6 Å². The van der Waals surface area contributed by atoms with E-state index in [1.807, 2.05) is 13.8 Å². The predicted molar refractivity (Wildman–Crippen MR) is 120 cm³/mol. The SMILES string of the molecule is CCOc1cc([C@@H]2C(C(=O)OC3CCCC3)=C(C)NC3=C2C(=O)CCC3)cc(Br)c1O. The second-order valence-corrected chi connectivity index (χ2v) is 9.21. The Labute approximate surface area is 190 Å². The van der Waals surface area contributed by atoms with Crippen molar-refractivity contribution in [2.24, 2.45) is 0 Å². The van der Waals surface area contributed by atoms with Crippen LogP contribution in [-0.4, -0.2) is 29.6 Å². The summed E-state index contributed by atoms with van der Waals surface area (Å²) in [5, 5.41) is 13.7. The molecular formula is C24H28BrNO5. The topological polar surface area (TPSA) is 84.9 Å². The number of halogens is 1. The maximum atomic E-state index is 13.3. The van der Waals surface area contributed by atoms with Crippen LogP contribution in [0.3, 0.4) is 0 Å². The number of esters is 1. The van der Waals surface area contributed by atoms with E-state index < -0.39 is 5.92 Å². The van der Waals surface area contributed by atoms with Gasteiger partial charge in [-0.25, -0.2) is 4.79 Å². The molecule has 4 rings (SSSR count). The molecule has 0 spiro atoms. The molecule has 0 aromatic heterocycles. The van der Waals surface area contributed by atoms with Gasteiger partial charge in [-0.1, -0.05) is 0 Å². The third-order valence-electron chi connectivity index (χ3n) is 6.26. The Morgan fingerprint density at radius 2 is 1.97 bits per heavy atom. The highest BCUT2D eigenvalue weighted by atomic mass is 79.9. The normalized spacial score (nSPS) is 21.8. The minimum absolute atomic E-state index is 0.000470. The fourth-order valence-corrected chi connectivity index (χ4v) is 5.29. The fraction of sp³-hybridized carbons (Fsp3) is 0.500. The summed E-state index contributed by atoms with van der Waals surface area (Å²) in [6, 6.07) is 3.48. The Bertz CT molecular complexity index is 974. The molecule has 0 radical (unpaired) electrons. The highest BCUT2D eigenvalue weighted by molar-refractivity contribution is 9.10. The molecule has 166 valence electrons. The summed E-state index contributed by atoms with van der Waals surface area (Å²) in [7, 11) is 0. The number of dihydropyridines is 1. The van der Waals surface area contributed by atoms with Crippen molar-refractivity contribution in [3.63, 3.8) is 0 Å². The summed E-state index contributed by atoms with van der Waals surface area (Å²) >= 11 is 3.40. The first-order valence-corrected chi connectivity index (χ1v) is 11.8. The van der Waals surface area contributed by atoms with Crippen LogP contribution in [0, 0.1) is 0 Å². The minimum atomic E-state index is -0.561. The average Bonchev–Trinajstić information content (AvgIpc) is 3.23. The third-order valence-corrected chi connectivity index (χ3v) is 6.86. The van der Waals surface area contributed by atoms with E-state index in [0.29, 0.717) is 40.1 Å². The number of nitrogens with one attached hydrogen (secondary N) is 1. The number of ketones is 1. The molecule has 1 saturated carbocycles. The van der Waals surface area contributed by atoms with Gasteiger partial charge in [-0.15, -0.1) is 0 Å². The zero-order chi connectivity index (χ0) is 22.1. The number of ether oxygens (including phenoxy) is 2. The molecular weight excluding hydrogens is 462 g/mol. The molecule has 7 heteroatoms. The summed E-state index contributed by atoms with van der Waals surface area (Å²) < 4.78 is 11.9. The van der Waals surface area contributed by atoms with E-state index in [2.05, 4.69) is 21.2 Å². The van der Waals surface area contributed by atoms with Crippen molar-refractivity contribution >= 4 is 27.7 Å². The third kappa shape index (κ3) is 4.25. The van der Waals surface area contributed by atoms with Gasteiger partial charge in [0.2, 0.25) is 0 Å². The summed E-state index contributed by atoms with van der Waals surface area (Å²) in [6.07, 6.45) is 5.81. The molecule has 31 heavy (non-hydrogen) atoms. The van der Waals surface area contributed by atoms with Gasteiger partial charge in [-0.3, -0.25) is 4.79 Å². The van der Waals surface area contributed by atoms with Crippen molar-refractivity contribution in [2.75, 3.05) is 6.61 Å². The van der Waals surface area contributed by atoms with Crippen LogP contribution in [0.5, 0.6) is 11.5 Å². The second-order valence-electron chi connectivity index (χ2n) is 8.36. The summed E-state index contributed by atoms with van der Waals surface area (Å²) in [5.41, 5.74) is 3.38. The first kappa shape index (κ1) is 21.9. The van der Waals surface area contributed by atoms with E-state index in [0.717, 1.165) is 49.8 Å². The van der Waals surface area contributed by atoms with Gasteiger partial charge in [-0.05, 0) is 86.0 Å². The number of phenolic OH excluding ortho intramolecular Hbond substituents is 1. The fourth-order valence-electron chi connectivity index (χ4n) is 4.83. The van der Waals surface area contributed by atoms with E-state index in [1.54, 1.807) is 12.1 Å². The van der Waals surface area contributed by atoms with E-state index in [1.165, 1.54) is 0 Å². The molecule has 2 aliphatic carbocycles. The molecule has 1 aromatic carbocycles. The quantitative estimate of drug-likeness (QED) is 0.565. The second kappa shape index (κ2) is 9.07. The van der Waals surface area contributed by atoms with Crippen molar-refractivity contribution in [3.05, 3.63) is 44.7 Å². The largest absolute Gasteiger partial charge is 0.503 e. The zero-order valence-corrected chi connectivity index (χ0v) is 19.5. The summed E-state index contributed by atoms with van der Waals surface area (Å²) in [4.78, 5) is 26.4. The molecule has 3 aliphatic rings. The Morgan fingerprint density at radius 3 is 2.68 bits per heavy atom. The Balaban J connectivity index is 1.82. The van der Waals surface area contributed by atoms with Crippen LogP contribution in [0.2, 0.25) is 0 Å². The van der Waals surface area contributed by atoms with Crippen molar-refractivity contribution in [3.8, 4) is 11.5 Å². The van der Waals surface area contributed by atoms with Crippen molar-refractivity contribution in [1.29, 1.82) is 0 Å². The van der Waals surface area contributed by atoms with E-state index in [4.69, 9.17) is 9.47 Å². The Kier molecular flexibility index (Phi) is 6.42. The first-order valence-electron chi connectivity index (χ1n) is 11.0. The van der Waals surface area contributed by atoms with Gasteiger partial charge in [0.25, 0.3) is 0 Å². The first-order chi connectivity index (χ1) is 14.9. The van der Waals surface area contributed by atoms with Crippen molar-refractivity contribution in [1.82, 2.24) is 5.32 Å². The van der Waals surface area contributed by atoms with Gasteiger partial charge in [0.1, 0.15) is 6.10 Å². The Morgan fingerprint density at radius 1 is 1.23 bits per heavy atom. The van der Waals surface area contributed by atoms with Gasteiger partial charge < -0.3 is 19.9 Å². The van der Waals surface area contributed by atoms with Crippen LogP contribution in [0.1, 0.15) is 70.3 Å². The van der Waals surface area contributed by atoms with Gasteiger partial charge in [0.15, 0.2) is 17.3 Å². The zero-order valence-electron chi connectivity index (χ0n) is 17.9. The average molecular weight is 490 g/mol. The summed E-state index contributed by atoms with van der Waals surface area (Å²) in [5.74, 6) is -0.584. The van der Waals surface area contributed by atoms with Crippen LogP contribution in [0.15, 0.2) is 39.1 Å². The van der Waals surface area contributed by atoms with E-state index in [9.17, 15) is 14.7 Å². The monoisotopic (exact) mass is 489 g/mol. The highest BCUT2D eigenvalue weighted by Crippen LogP contribution is 2.46. The lowest BCUT2D eigenvalue weighted by Gasteiger charge is -2.34. The van der Waals surface area contributed by atoms with Gasteiger partial charge in [-0.2, -0.15) is 0 Å². The van der Waals surface area contributed by atoms with Crippen molar-refractivity contribution < 1.29 is 24.2 Å². The van der Waals surface area contributed by atoms with Crippen LogP contribution in [0.25, 0.3) is 0 Å². The molecule has 0 amide bonds. The number of phenols is 1. The number of carbonyl (C=O) groups excluding carboxylic acids is 2. The number of hydrogen-bond acceptors (Lipinski definition) is 6. The number of allylic oxidation sites excluding steroid dienone is 3. The number of Topliss-reactive ketones (excluding diaryl/α,β-unsaturated/α-hetero) is 1. The van der Waals surface area contributed by atoms with Crippen molar-refractivity contribution in [2.45, 2.75) is 70.8 Å². The highest BCUT2D eigenvalue weighted by Gasteiger charge is 2.40. The molecule has 0 unspecified atom stereocenters. The van der Waals surface area contributed by atoms with E-state index >= 15 is 0 Å². The van der Waals surface area contributed by atoms with Crippen LogP contribution < -0.4 is 10.1 Å². The van der Waals surface area contributed by atoms with Crippen LogP contribution in [-0.2, 0) is 14.3 Å². The molecule has 1 atom stereocenters. The minimum Gasteiger partial charge on any atom is -0.503 e. The maximum Gasteiger partial charge on any atom is 0.337 e. The number of aromatic hydroxyl groups is 1. The van der Waals surface area contributed by atoms with Gasteiger partial charge in [0, 0.05) is 29.3 Å². The smallest absolute Gasteiger partial charge is 0.337 e. The molecule has 2 N–H and O–H groups in total. The number of carbonyl (C=O) groups is 2. The van der Waals surface area contributed by atoms with Gasteiger partial charge in [0.05, 0.1) is 16.7 Å². The number of benzene rings is 1. The van der Waals surface area contributed by atoms with Crippen LogP contribution >= 0.6 is 15.9 Å². The predicted octanol–water partition coefficient (Wildman–Crippen LogP) is 5.01. The van der Waals surface area contributed by atoms with Crippen LogP contribution in [0.4, 0.5) is 0 Å². The number of rotatable bonds is 5. The number of hydrogen-bond donors (Lipinski definition) is 2. The molecule has 1 aromatic rings. The molecule has 1 aliphatic heterocycles. The molecule has 1 heterocycles. The van der Waals surface area contributed by atoms with Gasteiger partial charge >= 0.3 is 5.97 Å². The lowest BCUT2D eigenvalue weighted by Crippen LogP contribution is -2.35. The maximum absolute atomic E-state index is 13.3. The molecule has 0 bridgehead atoms.